The number of nitrogens with zero attached hydrogens (tertiary/aromatic N) is 1. The minimum absolute atomic E-state index is 0.0441. The molecule has 0 saturated heterocycles. The number of aromatic nitrogens is 1. The van der Waals surface area contributed by atoms with Gasteiger partial charge in [0.2, 0.25) is 5.91 Å². The van der Waals surface area contributed by atoms with Crippen molar-refractivity contribution in [1.29, 1.82) is 0 Å². The molecule has 0 aliphatic heterocycles. The van der Waals surface area contributed by atoms with E-state index in [-0.39, 0.29) is 44.3 Å². The van der Waals surface area contributed by atoms with Crippen LogP contribution in [0.3, 0.4) is 0 Å². The van der Waals surface area contributed by atoms with Crippen molar-refractivity contribution in [2.75, 3.05) is 32.1 Å². The minimum Gasteiger partial charge on any atom is -0.756 e. The lowest BCUT2D eigenvalue weighted by molar-refractivity contribution is -0.228. The zero-order valence-electron chi connectivity index (χ0n) is 36.1. The van der Waals surface area contributed by atoms with E-state index in [1.807, 2.05) is 18.2 Å². The number of hydrogen-bond acceptors (Lipinski definition) is 12. The van der Waals surface area contributed by atoms with Crippen molar-refractivity contribution in [3.05, 3.63) is 24.4 Å². The van der Waals surface area contributed by atoms with Crippen LogP contribution < -0.4 is 10.2 Å². The fourth-order valence-corrected chi connectivity index (χ4v) is 8.86. The molecule has 1 amide bonds. The van der Waals surface area contributed by atoms with E-state index in [0.717, 1.165) is 43.6 Å². The highest BCUT2D eigenvalue weighted by atomic mass is 33.1. The largest absolute Gasteiger partial charge is 0.756 e. The van der Waals surface area contributed by atoms with Gasteiger partial charge in [-0.25, -0.2) is 4.98 Å². The van der Waals surface area contributed by atoms with E-state index in [9.17, 15) is 23.8 Å². The lowest BCUT2D eigenvalue weighted by Gasteiger charge is -2.25. The van der Waals surface area contributed by atoms with Crippen LogP contribution in [-0.2, 0) is 37.5 Å². The minimum atomic E-state index is -4.80. The Morgan fingerprint density at radius 3 is 1.64 bits per heavy atom. The van der Waals surface area contributed by atoms with Gasteiger partial charge in [-0.1, -0.05) is 185 Å². The number of nitrogens with one attached hydrogen (secondary N) is 1. The van der Waals surface area contributed by atoms with E-state index >= 15 is 0 Å². The molecule has 58 heavy (non-hydrogen) atoms. The molecule has 0 fully saturated rings. The fourth-order valence-electron chi connectivity index (χ4n) is 6.34. The Bertz CT molecular complexity index is 1180. The highest BCUT2D eigenvalue weighted by Crippen LogP contribution is 2.38. The third-order valence-electron chi connectivity index (χ3n) is 9.76. The predicted molar refractivity (Wildman–Crippen MR) is 237 cm³/mol. The molecule has 0 spiro atoms. The summed E-state index contributed by atoms with van der Waals surface area (Å²) in [7, 11) is -2.13. The number of hydrogen-bond donors (Lipinski definition) is 1. The SMILES string of the molecule is CCCCCCCCCCCCCCCC(=O)OC[C@H](COP(=O)([O-])OCCNC(=O)CSSc1ccccn1)OC(=O)CCCCCCCCCCCCCCC. The van der Waals surface area contributed by atoms with Crippen LogP contribution in [0.25, 0.3) is 0 Å². The summed E-state index contributed by atoms with van der Waals surface area (Å²) in [6.07, 6.45) is 32.1. The average molecular weight is 874 g/mol. The normalized spacial score (nSPS) is 12.9. The van der Waals surface area contributed by atoms with Crippen LogP contribution in [0.1, 0.15) is 194 Å². The number of phosphoric ester groups is 1. The van der Waals surface area contributed by atoms with Crippen molar-refractivity contribution in [3.8, 4) is 0 Å². The molecule has 0 aliphatic carbocycles. The second-order valence-corrected chi connectivity index (χ2v) is 18.9. The zero-order chi connectivity index (χ0) is 42.2. The number of phosphoric acid groups is 1. The van der Waals surface area contributed by atoms with Gasteiger partial charge in [0, 0.05) is 25.6 Å². The van der Waals surface area contributed by atoms with E-state index < -0.39 is 32.5 Å². The maximum absolute atomic E-state index is 12.7. The van der Waals surface area contributed by atoms with E-state index in [1.54, 1.807) is 6.20 Å². The monoisotopic (exact) mass is 873 g/mol. The Morgan fingerprint density at radius 2 is 1.16 bits per heavy atom. The van der Waals surface area contributed by atoms with Gasteiger partial charge in [-0.05, 0) is 35.8 Å². The Labute approximate surface area is 359 Å². The van der Waals surface area contributed by atoms with E-state index in [0.29, 0.717) is 12.8 Å². The lowest BCUT2D eigenvalue weighted by atomic mass is 10.0. The summed E-state index contributed by atoms with van der Waals surface area (Å²) < 4.78 is 33.4. The third-order valence-corrected chi connectivity index (χ3v) is 12.9. The first-order valence-corrected chi connectivity index (χ1v) is 26.5. The van der Waals surface area contributed by atoms with Crippen LogP contribution in [0.15, 0.2) is 29.4 Å². The number of ether oxygens (including phenoxy) is 2. The molecule has 11 nitrogen and oxygen atoms in total. The van der Waals surface area contributed by atoms with Gasteiger partial charge in [0.15, 0.2) is 6.10 Å². The van der Waals surface area contributed by atoms with Crippen LogP contribution in [0, 0.1) is 0 Å². The Morgan fingerprint density at radius 1 is 0.672 bits per heavy atom. The first-order valence-electron chi connectivity index (χ1n) is 22.7. The second kappa shape index (κ2) is 39.5. The highest BCUT2D eigenvalue weighted by Gasteiger charge is 2.21. The third kappa shape index (κ3) is 36.2. The summed E-state index contributed by atoms with van der Waals surface area (Å²) in [6, 6.07) is 5.51. The number of carbonyl (C=O) groups is 3. The maximum Gasteiger partial charge on any atom is 0.306 e. The van der Waals surface area contributed by atoms with E-state index in [1.165, 1.54) is 137 Å². The van der Waals surface area contributed by atoms with E-state index in [4.69, 9.17) is 18.5 Å². The summed E-state index contributed by atoms with van der Waals surface area (Å²) in [5, 5.41) is 3.38. The Kier molecular flexibility index (Phi) is 37.0. The summed E-state index contributed by atoms with van der Waals surface area (Å²) in [5.41, 5.74) is 0. The molecule has 14 heteroatoms. The smallest absolute Gasteiger partial charge is 0.306 e. The van der Waals surface area contributed by atoms with Gasteiger partial charge in [0.05, 0.1) is 19.0 Å². The Balaban J connectivity index is 2.37. The molecule has 0 radical (unpaired) electrons. The van der Waals surface area contributed by atoms with Crippen molar-refractivity contribution in [1.82, 2.24) is 10.3 Å². The molecule has 1 unspecified atom stereocenters. The number of carbonyl (C=O) groups excluding carboxylic acids is 3. The Hall–Kier alpha value is -1.63. The number of esters is 2. The van der Waals surface area contributed by atoms with Gasteiger partial charge in [0.25, 0.3) is 7.82 Å². The number of amides is 1. The molecule has 0 aromatic carbocycles. The summed E-state index contributed by atoms with van der Waals surface area (Å²) >= 11 is 0. The molecule has 1 heterocycles. The fraction of sp³-hybridized carbons (Fsp3) is 0.818. The maximum atomic E-state index is 12.7. The highest BCUT2D eigenvalue weighted by molar-refractivity contribution is 8.76. The predicted octanol–water partition coefficient (Wildman–Crippen LogP) is 11.9. The van der Waals surface area contributed by atoms with Crippen molar-refractivity contribution in [2.24, 2.45) is 0 Å². The first kappa shape index (κ1) is 54.4. The van der Waals surface area contributed by atoms with Crippen LogP contribution in [0.5, 0.6) is 0 Å². The van der Waals surface area contributed by atoms with Crippen molar-refractivity contribution < 1.29 is 42.4 Å². The molecular weight excluding hydrogens is 796 g/mol. The standard InChI is InChI=1S/C44H79N2O9PS2/c1-3-5-7-9-11-13-15-17-19-21-23-25-27-32-43(48)52-37-40(55-44(49)33-28-26-24-22-20-18-16-14-12-10-8-6-4-2)38-54-56(50,51)53-36-35-45-41(47)39-57-58-42-31-29-30-34-46-42/h29-31,34,40H,3-28,32-33,35-39H2,1-2H3,(H,45,47)(H,50,51)/p-1/t40-/m1/s1. The summed E-state index contributed by atoms with van der Waals surface area (Å²) in [5.74, 6) is -1.05. The summed E-state index contributed by atoms with van der Waals surface area (Å²) in [6.45, 7) is 3.24. The molecule has 1 aromatic heterocycles. The van der Waals surface area contributed by atoms with Gasteiger partial charge < -0.3 is 28.7 Å². The molecule has 2 atom stereocenters. The van der Waals surface area contributed by atoms with Crippen molar-refractivity contribution in [3.63, 3.8) is 0 Å². The lowest BCUT2D eigenvalue weighted by Crippen LogP contribution is -2.31. The van der Waals surface area contributed by atoms with Crippen LogP contribution in [0.4, 0.5) is 0 Å². The molecule has 336 valence electrons. The molecule has 1 aromatic rings. The van der Waals surface area contributed by atoms with Crippen molar-refractivity contribution in [2.45, 2.75) is 205 Å². The quantitative estimate of drug-likeness (QED) is 0.0288. The average Bonchev–Trinajstić information content (AvgIpc) is 3.21. The van der Waals surface area contributed by atoms with Gasteiger partial charge in [-0.3, -0.25) is 18.9 Å². The van der Waals surface area contributed by atoms with E-state index in [2.05, 4.69) is 24.1 Å². The van der Waals surface area contributed by atoms with Gasteiger partial charge >= 0.3 is 11.9 Å². The van der Waals surface area contributed by atoms with Crippen LogP contribution in [0.2, 0.25) is 0 Å². The van der Waals surface area contributed by atoms with Gasteiger partial charge in [-0.2, -0.15) is 0 Å². The topological polar surface area (TPSA) is 153 Å². The number of rotatable bonds is 42. The molecular formula is C44H78N2O9PS2-. The van der Waals surface area contributed by atoms with Crippen LogP contribution in [-0.4, -0.2) is 61.1 Å². The molecule has 1 N–H and O–H groups in total. The molecule has 1 rings (SSSR count). The zero-order valence-corrected chi connectivity index (χ0v) is 38.6. The molecule has 0 saturated carbocycles. The first-order chi connectivity index (χ1) is 28.3. The number of unbranched alkanes of at least 4 members (excludes halogenated alkanes) is 24. The van der Waals surface area contributed by atoms with Gasteiger partial charge in [-0.15, -0.1) is 0 Å². The van der Waals surface area contributed by atoms with Crippen LogP contribution >= 0.6 is 29.4 Å². The summed E-state index contributed by atoms with van der Waals surface area (Å²) in [4.78, 5) is 54.0. The molecule has 0 aliphatic rings. The molecule has 0 bridgehead atoms. The number of pyridine rings is 1. The second-order valence-electron chi connectivity index (χ2n) is 15.2. The van der Waals surface area contributed by atoms with Crippen molar-refractivity contribution >= 4 is 47.3 Å². The van der Waals surface area contributed by atoms with Gasteiger partial charge in [0.1, 0.15) is 11.6 Å².